The van der Waals surface area contributed by atoms with E-state index >= 15 is 0 Å². The number of nitrogens with zero attached hydrogens (tertiary/aromatic N) is 1. The highest BCUT2D eigenvalue weighted by atomic mass is 35.5. The van der Waals surface area contributed by atoms with Gasteiger partial charge in [-0.05, 0) is 42.0 Å². The van der Waals surface area contributed by atoms with Gasteiger partial charge >= 0.3 is 0 Å². The van der Waals surface area contributed by atoms with Crippen molar-refractivity contribution in [2.75, 3.05) is 44.8 Å². The Kier molecular flexibility index (Phi) is 9.11. The van der Waals surface area contributed by atoms with Crippen molar-refractivity contribution < 1.29 is 13.9 Å². The minimum absolute atomic E-state index is 0.135. The molecule has 0 radical (unpaired) electrons. The van der Waals surface area contributed by atoms with Crippen LogP contribution < -0.4 is 10.6 Å². The maximum absolute atomic E-state index is 13.4. The molecule has 1 aromatic heterocycles. The summed E-state index contributed by atoms with van der Waals surface area (Å²) in [5.41, 5.74) is 2.71. The molecule has 3 rings (SSSR count). The molecule has 1 heterocycles. The number of hydrogen-bond donors (Lipinski definition) is 2. The van der Waals surface area contributed by atoms with Crippen molar-refractivity contribution in [2.45, 2.75) is 6.54 Å². The summed E-state index contributed by atoms with van der Waals surface area (Å²) in [6.45, 7) is 4.09. The van der Waals surface area contributed by atoms with Crippen molar-refractivity contribution in [1.29, 1.82) is 0 Å². The zero-order valence-corrected chi connectivity index (χ0v) is 18.0. The van der Waals surface area contributed by atoms with Gasteiger partial charge in [0.05, 0.1) is 37.0 Å². The van der Waals surface area contributed by atoms with Gasteiger partial charge in [-0.2, -0.15) is 0 Å². The Balaban J connectivity index is 1.21. The standard InChI is InChI=1S/C22H24Cl2FN3O2/c23-17-2-3-18-21(5-6-27-22(18)14-17)28-8-10-30-12-11-29-9-7-26-15-16-1-4-19(24)20(25)13-16/h1-6,13-14,26H,7-12,15H2,(H,27,28). The lowest BCUT2D eigenvalue weighted by molar-refractivity contribution is 0.0527. The van der Waals surface area contributed by atoms with E-state index in [1.165, 1.54) is 6.07 Å². The summed E-state index contributed by atoms with van der Waals surface area (Å²) < 4.78 is 24.5. The average Bonchev–Trinajstić information content (AvgIpc) is 2.74. The smallest absolute Gasteiger partial charge is 0.142 e. The Hall–Kier alpha value is -1.96. The molecule has 2 N–H and O–H groups in total. The number of aromatic nitrogens is 1. The Bertz CT molecular complexity index is 959. The van der Waals surface area contributed by atoms with Crippen LogP contribution in [0.2, 0.25) is 10.0 Å². The highest BCUT2D eigenvalue weighted by Gasteiger charge is 2.03. The fraction of sp³-hybridized carbons (Fsp3) is 0.318. The molecule has 0 fully saturated rings. The van der Waals surface area contributed by atoms with Gasteiger partial charge in [-0.1, -0.05) is 29.3 Å². The van der Waals surface area contributed by atoms with Gasteiger partial charge in [-0.25, -0.2) is 4.39 Å². The number of pyridine rings is 1. The summed E-state index contributed by atoms with van der Waals surface area (Å²) in [6.07, 6.45) is 1.76. The van der Waals surface area contributed by atoms with Crippen LogP contribution in [0.3, 0.4) is 0 Å². The summed E-state index contributed by atoms with van der Waals surface area (Å²) in [7, 11) is 0. The molecule has 2 aromatic carbocycles. The second-order valence-corrected chi connectivity index (χ2v) is 7.44. The topological polar surface area (TPSA) is 55.4 Å². The first-order valence-electron chi connectivity index (χ1n) is 9.72. The quantitative estimate of drug-likeness (QED) is 0.383. The Labute approximate surface area is 185 Å². The largest absolute Gasteiger partial charge is 0.382 e. The molecule has 0 saturated carbocycles. The summed E-state index contributed by atoms with van der Waals surface area (Å²) in [5, 5.41) is 8.39. The summed E-state index contributed by atoms with van der Waals surface area (Å²) >= 11 is 11.7. The van der Waals surface area contributed by atoms with Gasteiger partial charge in [-0.3, -0.25) is 4.98 Å². The molecule has 0 saturated heterocycles. The van der Waals surface area contributed by atoms with E-state index in [1.807, 2.05) is 24.3 Å². The van der Waals surface area contributed by atoms with Crippen molar-refractivity contribution in [1.82, 2.24) is 10.3 Å². The number of nitrogens with one attached hydrogen (secondary N) is 2. The van der Waals surface area contributed by atoms with Crippen molar-refractivity contribution in [2.24, 2.45) is 0 Å². The fourth-order valence-corrected chi connectivity index (χ4v) is 3.17. The highest BCUT2D eigenvalue weighted by molar-refractivity contribution is 6.31. The van der Waals surface area contributed by atoms with Crippen molar-refractivity contribution in [3.05, 3.63) is 70.1 Å². The lowest BCUT2D eigenvalue weighted by atomic mass is 10.2. The van der Waals surface area contributed by atoms with Crippen molar-refractivity contribution in [3.8, 4) is 0 Å². The van der Waals surface area contributed by atoms with Gasteiger partial charge in [0, 0.05) is 41.9 Å². The predicted octanol–water partition coefficient (Wildman–Crippen LogP) is 4.92. The van der Waals surface area contributed by atoms with Gasteiger partial charge in [0.1, 0.15) is 5.82 Å². The number of ether oxygens (including phenoxy) is 2. The van der Waals surface area contributed by atoms with Crippen LogP contribution in [0, 0.1) is 5.82 Å². The van der Waals surface area contributed by atoms with Crippen LogP contribution >= 0.6 is 23.2 Å². The normalized spacial score (nSPS) is 11.2. The predicted molar refractivity (Wildman–Crippen MR) is 120 cm³/mol. The van der Waals surface area contributed by atoms with E-state index < -0.39 is 5.82 Å². The van der Waals surface area contributed by atoms with Crippen LogP contribution in [0.25, 0.3) is 10.9 Å². The fourth-order valence-electron chi connectivity index (χ4n) is 2.88. The third-order valence-electron chi connectivity index (χ3n) is 4.37. The summed E-state index contributed by atoms with van der Waals surface area (Å²) in [4.78, 5) is 4.33. The summed E-state index contributed by atoms with van der Waals surface area (Å²) in [5.74, 6) is -0.402. The molecule has 8 heteroatoms. The molecule has 30 heavy (non-hydrogen) atoms. The SMILES string of the molecule is Fc1cc(CNCCOCCOCCNc2ccnc3cc(Cl)ccc23)ccc1Cl. The zero-order chi connectivity index (χ0) is 21.2. The minimum Gasteiger partial charge on any atom is -0.382 e. The van der Waals surface area contributed by atoms with E-state index in [0.717, 1.165) is 22.2 Å². The number of hydrogen-bond acceptors (Lipinski definition) is 5. The van der Waals surface area contributed by atoms with Crippen LogP contribution in [0.15, 0.2) is 48.7 Å². The Morgan fingerprint density at radius 3 is 2.50 bits per heavy atom. The third kappa shape index (κ3) is 7.07. The molecule has 0 aliphatic carbocycles. The molecule has 0 atom stereocenters. The van der Waals surface area contributed by atoms with Gasteiger partial charge in [-0.15, -0.1) is 0 Å². The van der Waals surface area contributed by atoms with Gasteiger partial charge in [0.25, 0.3) is 0 Å². The number of rotatable bonds is 12. The van der Waals surface area contributed by atoms with E-state index in [4.69, 9.17) is 32.7 Å². The molecule has 0 bridgehead atoms. The average molecular weight is 452 g/mol. The molecular formula is C22H24Cl2FN3O2. The lowest BCUT2D eigenvalue weighted by Crippen LogP contribution is -2.20. The van der Waals surface area contributed by atoms with E-state index in [0.29, 0.717) is 51.1 Å². The second kappa shape index (κ2) is 12.0. The molecule has 0 spiro atoms. The molecule has 0 aliphatic heterocycles. The van der Waals surface area contributed by atoms with Crippen molar-refractivity contribution >= 4 is 39.8 Å². The van der Waals surface area contributed by atoms with E-state index in [9.17, 15) is 4.39 Å². The molecule has 0 aliphatic rings. The van der Waals surface area contributed by atoms with Crippen LogP contribution in [0.4, 0.5) is 10.1 Å². The van der Waals surface area contributed by atoms with Gasteiger partial charge < -0.3 is 20.1 Å². The van der Waals surface area contributed by atoms with Crippen LogP contribution in [-0.4, -0.2) is 44.5 Å². The first-order valence-corrected chi connectivity index (χ1v) is 10.5. The number of fused-ring (bicyclic) bond motifs is 1. The lowest BCUT2D eigenvalue weighted by Gasteiger charge is -2.10. The van der Waals surface area contributed by atoms with Crippen LogP contribution in [0.5, 0.6) is 0 Å². The van der Waals surface area contributed by atoms with E-state index in [1.54, 1.807) is 18.3 Å². The van der Waals surface area contributed by atoms with E-state index in [2.05, 4.69) is 15.6 Å². The number of anilines is 1. The molecule has 0 unspecified atom stereocenters. The maximum Gasteiger partial charge on any atom is 0.142 e. The zero-order valence-electron chi connectivity index (χ0n) is 16.5. The van der Waals surface area contributed by atoms with Crippen LogP contribution in [0.1, 0.15) is 5.56 Å². The first-order chi connectivity index (χ1) is 14.6. The highest BCUT2D eigenvalue weighted by Crippen LogP contribution is 2.24. The third-order valence-corrected chi connectivity index (χ3v) is 4.92. The first kappa shape index (κ1) is 22.7. The molecule has 0 amide bonds. The minimum atomic E-state index is -0.402. The Morgan fingerprint density at radius 1 is 0.900 bits per heavy atom. The van der Waals surface area contributed by atoms with Crippen molar-refractivity contribution in [3.63, 3.8) is 0 Å². The second-order valence-electron chi connectivity index (χ2n) is 6.60. The Morgan fingerprint density at radius 2 is 1.70 bits per heavy atom. The number of halogens is 3. The maximum atomic E-state index is 13.4. The monoisotopic (exact) mass is 451 g/mol. The molecule has 160 valence electrons. The van der Waals surface area contributed by atoms with Crippen LogP contribution in [-0.2, 0) is 16.0 Å². The summed E-state index contributed by atoms with van der Waals surface area (Å²) in [6, 6.07) is 12.4. The molecular weight excluding hydrogens is 428 g/mol. The van der Waals surface area contributed by atoms with Gasteiger partial charge in [0.15, 0.2) is 0 Å². The number of benzene rings is 2. The molecule has 3 aromatic rings. The van der Waals surface area contributed by atoms with Gasteiger partial charge in [0.2, 0.25) is 0 Å². The van der Waals surface area contributed by atoms with E-state index in [-0.39, 0.29) is 5.02 Å². The molecule has 5 nitrogen and oxygen atoms in total.